The SMILES string of the molecule is Cn1ccc(C2CCCN(C(=O)c3ccccc3OC(F)(F)F)C2)n1. The lowest BCUT2D eigenvalue weighted by Gasteiger charge is -2.32. The van der Waals surface area contributed by atoms with E-state index in [0.29, 0.717) is 13.1 Å². The number of ether oxygens (including phenoxy) is 1. The Morgan fingerprint density at radius 3 is 2.72 bits per heavy atom. The van der Waals surface area contributed by atoms with Crippen molar-refractivity contribution in [2.75, 3.05) is 13.1 Å². The lowest BCUT2D eigenvalue weighted by atomic mass is 9.94. The fourth-order valence-corrected chi connectivity index (χ4v) is 3.08. The molecule has 1 atom stereocenters. The van der Waals surface area contributed by atoms with E-state index in [1.165, 1.54) is 18.2 Å². The summed E-state index contributed by atoms with van der Waals surface area (Å²) in [4.78, 5) is 14.3. The van der Waals surface area contributed by atoms with Gasteiger partial charge in [0, 0.05) is 32.3 Å². The molecule has 1 aliphatic rings. The van der Waals surface area contributed by atoms with E-state index in [1.54, 1.807) is 9.58 Å². The number of likely N-dealkylation sites (tertiary alicyclic amines) is 1. The molecule has 1 aromatic heterocycles. The molecule has 1 saturated heterocycles. The Balaban J connectivity index is 1.79. The zero-order chi connectivity index (χ0) is 18.0. The summed E-state index contributed by atoms with van der Waals surface area (Å²) in [5, 5.41) is 4.37. The molecule has 0 radical (unpaired) electrons. The van der Waals surface area contributed by atoms with Gasteiger partial charge < -0.3 is 9.64 Å². The smallest absolute Gasteiger partial charge is 0.405 e. The van der Waals surface area contributed by atoms with Crippen molar-refractivity contribution in [1.29, 1.82) is 0 Å². The molecule has 25 heavy (non-hydrogen) atoms. The van der Waals surface area contributed by atoms with E-state index >= 15 is 0 Å². The second-order valence-electron chi connectivity index (χ2n) is 6.05. The van der Waals surface area contributed by atoms with Crippen LogP contribution >= 0.6 is 0 Å². The van der Waals surface area contributed by atoms with E-state index in [9.17, 15) is 18.0 Å². The number of aryl methyl sites for hydroxylation is 1. The monoisotopic (exact) mass is 353 g/mol. The molecule has 0 saturated carbocycles. The van der Waals surface area contributed by atoms with E-state index in [1.807, 2.05) is 19.3 Å². The summed E-state index contributed by atoms with van der Waals surface area (Å²) in [6.45, 7) is 0.929. The van der Waals surface area contributed by atoms with Crippen LogP contribution in [0.2, 0.25) is 0 Å². The third kappa shape index (κ3) is 4.12. The first-order chi connectivity index (χ1) is 11.8. The van der Waals surface area contributed by atoms with Gasteiger partial charge in [-0.05, 0) is 31.0 Å². The number of aromatic nitrogens is 2. The first-order valence-electron chi connectivity index (χ1n) is 7.97. The second-order valence-corrected chi connectivity index (χ2v) is 6.05. The highest BCUT2D eigenvalue weighted by atomic mass is 19.4. The van der Waals surface area contributed by atoms with Gasteiger partial charge in [0.2, 0.25) is 0 Å². The molecular weight excluding hydrogens is 335 g/mol. The van der Waals surface area contributed by atoms with E-state index in [-0.39, 0.29) is 11.5 Å². The second kappa shape index (κ2) is 6.78. The number of benzene rings is 1. The molecule has 1 unspecified atom stereocenters. The maximum absolute atomic E-state index is 12.7. The summed E-state index contributed by atoms with van der Waals surface area (Å²) in [6, 6.07) is 7.34. The molecule has 0 N–H and O–H groups in total. The predicted molar refractivity (Wildman–Crippen MR) is 84.2 cm³/mol. The van der Waals surface area contributed by atoms with Crippen LogP contribution < -0.4 is 4.74 Å². The molecule has 3 rings (SSSR count). The minimum Gasteiger partial charge on any atom is -0.405 e. The average Bonchev–Trinajstić information content (AvgIpc) is 3.00. The topological polar surface area (TPSA) is 47.4 Å². The Morgan fingerprint density at radius 2 is 2.04 bits per heavy atom. The summed E-state index contributed by atoms with van der Waals surface area (Å²) in [7, 11) is 1.82. The highest BCUT2D eigenvalue weighted by Crippen LogP contribution is 2.30. The molecule has 1 fully saturated rings. The highest BCUT2D eigenvalue weighted by molar-refractivity contribution is 5.97. The van der Waals surface area contributed by atoms with Crippen LogP contribution in [0.5, 0.6) is 5.75 Å². The van der Waals surface area contributed by atoms with Gasteiger partial charge in [-0.2, -0.15) is 5.10 Å². The van der Waals surface area contributed by atoms with Crippen molar-refractivity contribution in [1.82, 2.24) is 14.7 Å². The normalized spacial score (nSPS) is 18.2. The van der Waals surface area contributed by atoms with Crippen molar-refractivity contribution in [3.05, 3.63) is 47.8 Å². The number of nitrogens with zero attached hydrogens (tertiary/aromatic N) is 3. The highest BCUT2D eigenvalue weighted by Gasteiger charge is 2.34. The van der Waals surface area contributed by atoms with Crippen molar-refractivity contribution in [3.8, 4) is 5.75 Å². The first-order valence-corrected chi connectivity index (χ1v) is 7.97. The van der Waals surface area contributed by atoms with E-state index < -0.39 is 18.0 Å². The fraction of sp³-hybridized carbons (Fsp3) is 0.412. The number of halogens is 3. The van der Waals surface area contributed by atoms with E-state index in [0.717, 1.165) is 24.6 Å². The number of piperidine rings is 1. The molecule has 1 amide bonds. The number of carbonyl (C=O) groups excluding carboxylic acids is 1. The maximum Gasteiger partial charge on any atom is 0.573 e. The van der Waals surface area contributed by atoms with Crippen LogP contribution in [0.15, 0.2) is 36.5 Å². The van der Waals surface area contributed by atoms with Crippen molar-refractivity contribution < 1.29 is 22.7 Å². The fourth-order valence-electron chi connectivity index (χ4n) is 3.08. The van der Waals surface area contributed by atoms with E-state index in [4.69, 9.17) is 0 Å². The standard InChI is InChI=1S/C17H18F3N3O2/c1-22-10-8-14(21-22)12-5-4-9-23(11-12)16(24)13-6-2-3-7-15(13)25-17(18,19)20/h2-3,6-8,10,12H,4-5,9,11H2,1H3. The predicted octanol–water partition coefficient (Wildman–Crippen LogP) is 3.34. The molecule has 1 aromatic carbocycles. The molecule has 0 bridgehead atoms. The number of carbonyl (C=O) groups is 1. The molecule has 134 valence electrons. The minimum absolute atomic E-state index is 0.0783. The molecule has 5 nitrogen and oxygen atoms in total. The van der Waals surface area contributed by atoms with Crippen molar-refractivity contribution >= 4 is 5.91 Å². The van der Waals surface area contributed by atoms with Crippen LogP contribution in [0.3, 0.4) is 0 Å². The zero-order valence-corrected chi connectivity index (χ0v) is 13.7. The van der Waals surface area contributed by atoms with Gasteiger partial charge in [0.25, 0.3) is 5.91 Å². The molecule has 2 aromatic rings. The maximum atomic E-state index is 12.7. The summed E-state index contributed by atoms with van der Waals surface area (Å²) >= 11 is 0. The van der Waals surface area contributed by atoms with Crippen LogP contribution in [0.25, 0.3) is 0 Å². The molecule has 2 heterocycles. The molecule has 1 aliphatic heterocycles. The van der Waals surface area contributed by atoms with Gasteiger partial charge >= 0.3 is 6.36 Å². The molecular formula is C17H18F3N3O2. The Morgan fingerprint density at radius 1 is 1.28 bits per heavy atom. The number of para-hydroxylation sites is 1. The van der Waals surface area contributed by atoms with Crippen LogP contribution in [-0.2, 0) is 7.05 Å². The van der Waals surface area contributed by atoms with Gasteiger partial charge in [0.1, 0.15) is 5.75 Å². The van der Waals surface area contributed by atoms with Gasteiger partial charge in [0.15, 0.2) is 0 Å². The third-order valence-electron chi connectivity index (χ3n) is 4.20. The van der Waals surface area contributed by atoms with Crippen molar-refractivity contribution in [2.45, 2.75) is 25.1 Å². The summed E-state index contributed by atoms with van der Waals surface area (Å²) in [5.41, 5.74) is 0.807. The Kier molecular flexibility index (Phi) is 4.69. The Hall–Kier alpha value is -2.51. The number of hydrogen-bond acceptors (Lipinski definition) is 3. The number of amides is 1. The molecule has 0 spiro atoms. The van der Waals surface area contributed by atoms with Gasteiger partial charge in [-0.1, -0.05) is 12.1 Å². The first kappa shape index (κ1) is 17.3. The quantitative estimate of drug-likeness (QED) is 0.850. The molecule has 0 aliphatic carbocycles. The van der Waals surface area contributed by atoms with Crippen LogP contribution in [-0.4, -0.2) is 40.0 Å². The largest absolute Gasteiger partial charge is 0.573 e. The van der Waals surface area contributed by atoms with Crippen LogP contribution in [0, 0.1) is 0 Å². The van der Waals surface area contributed by atoms with Gasteiger partial charge in [0.05, 0.1) is 11.3 Å². The Labute approximate surface area is 143 Å². The minimum atomic E-state index is -4.84. The Bertz CT molecular complexity index is 758. The molecule has 8 heteroatoms. The third-order valence-corrected chi connectivity index (χ3v) is 4.20. The summed E-state index contributed by atoms with van der Waals surface area (Å²) in [6.07, 6.45) is -1.34. The van der Waals surface area contributed by atoms with Crippen molar-refractivity contribution in [3.63, 3.8) is 0 Å². The van der Waals surface area contributed by atoms with Crippen LogP contribution in [0.1, 0.15) is 34.8 Å². The summed E-state index contributed by atoms with van der Waals surface area (Å²) < 4.78 is 43.4. The number of alkyl halides is 3. The zero-order valence-electron chi connectivity index (χ0n) is 13.7. The lowest BCUT2D eigenvalue weighted by molar-refractivity contribution is -0.274. The number of rotatable bonds is 3. The van der Waals surface area contributed by atoms with Crippen LogP contribution in [0.4, 0.5) is 13.2 Å². The van der Waals surface area contributed by atoms with Gasteiger partial charge in [-0.3, -0.25) is 9.48 Å². The lowest BCUT2D eigenvalue weighted by Crippen LogP contribution is -2.39. The van der Waals surface area contributed by atoms with Gasteiger partial charge in [-0.15, -0.1) is 13.2 Å². The van der Waals surface area contributed by atoms with Gasteiger partial charge in [-0.25, -0.2) is 0 Å². The summed E-state index contributed by atoms with van der Waals surface area (Å²) in [5.74, 6) is -0.852. The average molecular weight is 353 g/mol. The van der Waals surface area contributed by atoms with E-state index in [2.05, 4.69) is 9.84 Å². The number of hydrogen-bond donors (Lipinski definition) is 0. The van der Waals surface area contributed by atoms with Crippen molar-refractivity contribution in [2.24, 2.45) is 7.05 Å².